The molecule has 2 heterocycles. The van der Waals surface area contributed by atoms with E-state index in [4.69, 9.17) is 17.3 Å². The van der Waals surface area contributed by atoms with E-state index in [0.717, 1.165) is 23.8 Å². The van der Waals surface area contributed by atoms with Gasteiger partial charge in [0.05, 0.1) is 10.4 Å². The molecule has 0 amide bonds. The fourth-order valence-electron chi connectivity index (χ4n) is 3.26. The van der Waals surface area contributed by atoms with Gasteiger partial charge >= 0.3 is 0 Å². The third-order valence-electron chi connectivity index (χ3n) is 4.42. The minimum absolute atomic E-state index is 0.165. The number of rotatable bonds is 5. The second-order valence-corrected chi connectivity index (χ2v) is 7.87. The zero-order chi connectivity index (χ0) is 14.9. The number of nitrogens with zero attached hydrogens (tertiary/aromatic N) is 2. The highest BCUT2D eigenvalue weighted by atomic mass is 35.5. The van der Waals surface area contributed by atoms with Crippen LogP contribution in [0.5, 0.6) is 0 Å². The Kier molecular flexibility index (Phi) is 5.49. The van der Waals surface area contributed by atoms with E-state index < -0.39 is 0 Å². The molecule has 0 radical (unpaired) electrons. The molecular formula is C15H26ClN3S. The molecule has 2 N–H and O–H groups in total. The van der Waals surface area contributed by atoms with Gasteiger partial charge in [0.1, 0.15) is 0 Å². The second-order valence-electron chi connectivity index (χ2n) is 6.12. The van der Waals surface area contributed by atoms with Crippen molar-refractivity contribution in [3.63, 3.8) is 0 Å². The number of thiophene rings is 1. The van der Waals surface area contributed by atoms with Crippen LogP contribution in [0.3, 0.4) is 0 Å². The van der Waals surface area contributed by atoms with Gasteiger partial charge in [-0.3, -0.25) is 4.90 Å². The lowest BCUT2D eigenvalue weighted by molar-refractivity contribution is 0.192. The zero-order valence-electron chi connectivity index (χ0n) is 12.8. The van der Waals surface area contributed by atoms with Crippen LogP contribution in [-0.2, 0) is 0 Å². The molecule has 0 aromatic carbocycles. The van der Waals surface area contributed by atoms with Crippen molar-refractivity contribution in [1.29, 1.82) is 0 Å². The molecule has 0 bridgehead atoms. The van der Waals surface area contributed by atoms with Gasteiger partial charge in [-0.25, -0.2) is 0 Å². The number of nitrogens with two attached hydrogens (primary N) is 1. The van der Waals surface area contributed by atoms with Crippen LogP contribution in [0.4, 0.5) is 0 Å². The maximum absolute atomic E-state index is 6.41. The highest BCUT2D eigenvalue weighted by molar-refractivity contribution is 7.16. The van der Waals surface area contributed by atoms with E-state index in [1.807, 2.05) is 6.07 Å². The van der Waals surface area contributed by atoms with Gasteiger partial charge in [0.15, 0.2) is 0 Å². The topological polar surface area (TPSA) is 32.5 Å². The zero-order valence-corrected chi connectivity index (χ0v) is 14.4. The molecule has 2 rings (SSSR count). The molecule has 5 heteroatoms. The Labute approximate surface area is 131 Å². The second kappa shape index (κ2) is 6.75. The van der Waals surface area contributed by atoms with Gasteiger partial charge in [-0.2, -0.15) is 0 Å². The predicted octanol–water partition coefficient (Wildman–Crippen LogP) is 3.06. The fraction of sp³-hybridized carbons (Fsp3) is 0.733. The highest BCUT2D eigenvalue weighted by Crippen LogP contribution is 2.36. The lowest BCUT2D eigenvalue weighted by Gasteiger charge is -2.32. The standard InChI is InChI=1S/C15H26ClN3S/c1-5-11(17)15(13-6-7-14(16)20-13)19-8-10(2)12(9-19)18(3)4/h6-7,10-12,15H,5,8-9,17H2,1-4H3. The van der Waals surface area contributed by atoms with E-state index in [1.165, 1.54) is 4.88 Å². The summed E-state index contributed by atoms with van der Waals surface area (Å²) in [4.78, 5) is 6.18. The first-order valence-electron chi connectivity index (χ1n) is 7.35. The molecule has 114 valence electrons. The molecule has 1 aromatic rings. The molecule has 20 heavy (non-hydrogen) atoms. The summed E-state index contributed by atoms with van der Waals surface area (Å²) < 4.78 is 0.852. The Balaban J connectivity index is 2.20. The first kappa shape index (κ1) is 16.2. The number of hydrogen-bond acceptors (Lipinski definition) is 4. The molecule has 4 atom stereocenters. The summed E-state index contributed by atoms with van der Waals surface area (Å²) in [6, 6.07) is 5.19. The molecule has 0 aliphatic carbocycles. The molecule has 0 spiro atoms. The van der Waals surface area contributed by atoms with Gasteiger partial charge in [-0.1, -0.05) is 25.4 Å². The third-order valence-corrected chi connectivity index (χ3v) is 5.72. The predicted molar refractivity (Wildman–Crippen MR) is 88.5 cm³/mol. The van der Waals surface area contributed by atoms with Gasteiger partial charge in [0.2, 0.25) is 0 Å². The van der Waals surface area contributed by atoms with Crippen molar-refractivity contribution in [1.82, 2.24) is 9.80 Å². The number of likely N-dealkylation sites (N-methyl/N-ethyl adjacent to an activating group) is 1. The fourth-order valence-corrected chi connectivity index (χ4v) is 4.53. The quantitative estimate of drug-likeness (QED) is 0.906. The minimum Gasteiger partial charge on any atom is -0.326 e. The van der Waals surface area contributed by atoms with Crippen LogP contribution in [0.15, 0.2) is 12.1 Å². The van der Waals surface area contributed by atoms with E-state index in [-0.39, 0.29) is 6.04 Å². The molecule has 1 fully saturated rings. The van der Waals surface area contributed by atoms with Crippen molar-refractivity contribution >= 4 is 22.9 Å². The average Bonchev–Trinajstić information content (AvgIpc) is 2.96. The number of likely N-dealkylation sites (tertiary alicyclic amines) is 1. The maximum Gasteiger partial charge on any atom is 0.0931 e. The van der Waals surface area contributed by atoms with Crippen LogP contribution in [-0.4, -0.2) is 49.1 Å². The van der Waals surface area contributed by atoms with Crippen LogP contribution in [0.1, 0.15) is 31.2 Å². The minimum atomic E-state index is 0.165. The summed E-state index contributed by atoms with van der Waals surface area (Å²) in [5, 5.41) is 0. The van der Waals surface area contributed by atoms with E-state index in [0.29, 0.717) is 18.0 Å². The van der Waals surface area contributed by atoms with E-state index in [2.05, 4.69) is 43.8 Å². The van der Waals surface area contributed by atoms with E-state index in [9.17, 15) is 0 Å². The van der Waals surface area contributed by atoms with Crippen molar-refractivity contribution in [2.24, 2.45) is 11.7 Å². The van der Waals surface area contributed by atoms with E-state index in [1.54, 1.807) is 11.3 Å². The van der Waals surface area contributed by atoms with Gasteiger partial charge in [-0.05, 0) is 38.6 Å². The summed E-state index contributed by atoms with van der Waals surface area (Å²) in [5.74, 6) is 0.673. The molecule has 0 saturated carbocycles. The van der Waals surface area contributed by atoms with Crippen molar-refractivity contribution in [3.8, 4) is 0 Å². The third kappa shape index (κ3) is 3.37. The average molecular weight is 316 g/mol. The molecule has 1 aromatic heterocycles. The van der Waals surface area contributed by atoms with Crippen molar-refractivity contribution in [2.45, 2.75) is 38.4 Å². The van der Waals surface area contributed by atoms with Crippen molar-refractivity contribution in [2.75, 3.05) is 27.2 Å². The monoisotopic (exact) mass is 315 g/mol. The normalized spacial score (nSPS) is 27.1. The summed E-state index contributed by atoms with van der Waals surface area (Å²) in [7, 11) is 4.34. The first-order chi connectivity index (χ1) is 9.43. The summed E-state index contributed by atoms with van der Waals surface area (Å²) >= 11 is 7.79. The van der Waals surface area contributed by atoms with Crippen molar-refractivity contribution < 1.29 is 0 Å². The molecule has 3 nitrogen and oxygen atoms in total. The smallest absolute Gasteiger partial charge is 0.0931 e. The molecule has 1 aliphatic heterocycles. The van der Waals surface area contributed by atoms with Gasteiger partial charge in [-0.15, -0.1) is 11.3 Å². The Morgan fingerprint density at radius 2 is 2.15 bits per heavy atom. The first-order valence-corrected chi connectivity index (χ1v) is 8.54. The van der Waals surface area contributed by atoms with Gasteiger partial charge in [0.25, 0.3) is 0 Å². The lowest BCUT2D eigenvalue weighted by Crippen LogP contribution is -2.41. The van der Waals surface area contributed by atoms with Crippen LogP contribution < -0.4 is 5.73 Å². The summed E-state index contributed by atoms with van der Waals surface area (Å²) in [6.07, 6.45) is 0.984. The Morgan fingerprint density at radius 1 is 1.45 bits per heavy atom. The van der Waals surface area contributed by atoms with Crippen LogP contribution >= 0.6 is 22.9 Å². The van der Waals surface area contributed by atoms with Crippen LogP contribution in [0.25, 0.3) is 0 Å². The van der Waals surface area contributed by atoms with Gasteiger partial charge < -0.3 is 10.6 Å². The number of halogens is 1. The maximum atomic E-state index is 6.41. The molecule has 1 aliphatic rings. The Morgan fingerprint density at radius 3 is 2.60 bits per heavy atom. The molecule has 1 saturated heterocycles. The summed E-state index contributed by atoms with van der Waals surface area (Å²) in [6.45, 7) is 6.69. The largest absolute Gasteiger partial charge is 0.326 e. The number of hydrogen-bond donors (Lipinski definition) is 1. The SMILES string of the molecule is CCC(N)C(c1ccc(Cl)s1)N1CC(C)C(N(C)C)C1. The highest BCUT2D eigenvalue weighted by Gasteiger charge is 2.37. The van der Waals surface area contributed by atoms with Crippen LogP contribution in [0, 0.1) is 5.92 Å². The van der Waals surface area contributed by atoms with Crippen molar-refractivity contribution in [3.05, 3.63) is 21.3 Å². The Hall–Kier alpha value is -0.130. The molecular weight excluding hydrogens is 290 g/mol. The lowest BCUT2D eigenvalue weighted by atomic mass is 10.0. The Bertz CT molecular complexity index is 435. The van der Waals surface area contributed by atoms with E-state index >= 15 is 0 Å². The van der Waals surface area contributed by atoms with Gasteiger partial charge in [0, 0.05) is 30.1 Å². The molecule has 4 unspecified atom stereocenters. The van der Waals surface area contributed by atoms with Crippen LogP contribution in [0.2, 0.25) is 4.34 Å². The summed E-state index contributed by atoms with van der Waals surface area (Å²) in [5.41, 5.74) is 6.41.